The molecule has 1 aromatic carbocycles. The topological polar surface area (TPSA) is 37.2 Å². The summed E-state index contributed by atoms with van der Waals surface area (Å²) in [6.45, 7) is 12.5. The van der Waals surface area contributed by atoms with Crippen molar-refractivity contribution in [3.05, 3.63) is 30.3 Å². The van der Waals surface area contributed by atoms with Crippen LogP contribution in [0.25, 0.3) is 0 Å². The van der Waals surface area contributed by atoms with Crippen LogP contribution in [0.1, 0.15) is 41.0 Å². The average Bonchev–Trinajstić information content (AvgIpc) is 2.53. The van der Waals surface area contributed by atoms with Gasteiger partial charge in [-0.05, 0) is 44.2 Å². The lowest BCUT2D eigenvalue weighted by Crippen LogP contribution is -2.19. The summed E-state index contributed by atoms with van der Waals surface area (Å²) in [6, 6.07) is 9.67. The van der Waals surface area contributed by atoms with E-state index < -0.39 is 0 Å². The van der Waals surface area contributed by atoms with E-state index in [1.165, 1.54) is 0 Å². The number of oxime groups is 1. The zero-order valence-electron chi connectivity index (χ0n) is 14.5. The second-order valence-corrected chi connectivity index (χ2v) is 5.73. The zero-order valence-corrected chi connectivity index (χ0v) is 14.5. The molecule has 1 aromatic rings. The van der Waals surface area contributed by atoms with Crippen molar-refractivity contribution in [2.45, 2.75) is 41.0 Å². The van der Waals surface area contributed by atoms with Crippen LogP contribution in [0.5, 0.6) is 5.75 Å². The van der Waals surface area contributed by atoms with Crippen LogP contribution in [0.3, 0.4) is 0 Å². The highest BCUT2D eigenvalue weighted by Crippen LogP contribution is 2.13. The number of hydrogen-bond donors (Lipinski definition) is 0. The molecule has 4 nitrogen and oxygen atoms in total. The summed E-state index contributed by atoms with van der Waals surface area (Å²) in [5, 5.41) is 10.9. The van der Waals surface area contributed by atoms with Crippen LogP contribution in [0, 0.1) is 11.8 Å². The summed E-state index contributed by atoms with van der Waals surface area (Å²) >= 11 is 0. The van der Waals surface area contributed by atoms with E-state index in [-0.39, 0.29) is 0 Å². The van der Waals surface area contributed by atoms with Crippen molar-refractivity contribution in [3.8, 4) is 5.75 Å². The zero-order chi connectivity index (χ0) is 16.4. The molecule has 1 atom stereocenters. The predicted molar refractivity (Wildman–Crippen MR) is 94.5 cm³/mol. The number of rotatable bonds is 9. The van der Waals surface area contributed by atoms with Crippen molar-refractivity contribution in [1.82, 2.24) is 5.01 Å². The Labute approximate surface area is 134 Å². The smallest absolute Gasteiger partial charge is 0.157 e. The number of benzene rings is 1. The molecule has 0 heterocycles. The van der Waals surface area contributed by atoms with E-state index in [1.54, 1.807) is 0 Å². The highest BCUT2D eigenvalue weighted by Gasteiger charge is 2.11. The van der Waals surface area contributed by atoms with Crippen LogP contribution < -0.4 is 4.84 Å². The van der Waals surface area contributed by atoms with Crippen LogP contribution >= 0.6 is 0 Å². The molecule has 0 bridgehead atoms. The Morgan fingerprint density at radius 3 is 2.32 bits per heavy atom. The summed E-state index contributed by atoms with van der Waals surface area (Å²) in [6.07, 6.45) is 2.86. The van der Waals surface area contributed by atoms with E-state index in [0.29, 0.717) is 11.8 Å². The van der Waals surface area contributed by atoms with Gasteiger partial charge in [0.25, 0.3) is 0 Å². The van der Waals surface area contributed by atoms with Crippen molar-refractivity contribution in [2.75, 3.05) is 13.1 Å². The quantitative estimate of drug-likeness (QED) is 0.500. The van der Waals surface area contributed by atoms with Crippen LogP contribution in [0.2, 0.25) is 0 Å². The average molecular weight is 303 g/mol. The van der Waals surface area contributed by atoms with Gasteiger partial charge >= 0.3 is 0 Å². The second kappa shape index (κ2) is 9.98. The molecule has 1 unspecified atom stereocenters. The van der Waals surface area contributed by atoms with E-state index in [4.69, 9.17) is 4.84 Å². The minimum absolute atomic E-state index is 0.334. The molecule has 0 spiro atoms. The normalized spacial score (nSPS) is 13.6. The Hall–Kier alpha value is -1.84. The number of hydrazone groups is 1. The van der Waals surface area contributed by atoms with E-state index in [0.717, 1.165) is 31.0 Å². The Morgan fingerprint density at radius 2 is 1.77 bits per heavy atom. The summed E-state index contributed by atoms with van der Waals surface area (Å²) in [5.74, 6) is 1.46. The fourth-order valence-corrected chi connectivity index (χ4v) is 1.95. The van der Waals surface area contributed by atoms with Gasteiger partial charge in [-0.3, -0.25) is 5.01 Å². The van der Waals surface area contributed by atoms with Crippen LogP contribution in [-0.4, -0.2) is 30.0 Å². The first-order chi connectivity index (χ1) is 10.6. The molecular weight excluding hydrogens is 274 g/mol. The van der Waals surface area contributed by atoms with Crippen LogP contribution in [0.4, 0.5) is 0 Å². The maximum atomic E-state index is 5.53. The Morgan fingerprint density at radius 1 is 1.14 bits per heavy atom. The fourth-order valence-electron chi connectivity index (χ4n) is 1.95. The minimum Gasteiger partial charge on any atom is -0.357 e. The van der Waals surface area contributed by atoms with Crippen molar-refractivity contribution in [2.24, 2.45) is 22.1 Å². The summed E-state index contributed by atoms with van der Waals surface area (Å²) in [5.41, 5.74) is 1.06. The third kappa shape index (κ3) is 6.74. The molecule has 0 aromatic heterocycles. The lowest BCUT2D eigenvalue weighted by atomic mass is 9.98. The fraction of sp³-hybridized carbons (Fsp3) is 0.556. The summed E-state index contributed by atoms with van der Waals surface area (Å²) < 4.78 is 0. The van der Waals surface area contributed by atoms with E-state index in [9.17, 15) is 0 Å². The Bertz CT molecular complexity index is 464. The highest BCUT2D eigenvalue weighted by atomic mass is 16.6. The maximum absolute atomic E-state index is 5.53. The Balaban J connectivity index is 2.63. The van der Waals surface area contributed by atoms with Gasteiger partial charge in [-0.15, -0.1) is 0 Å². The highest BCUT2D eigenvalue weighted by molar-refractivity contribution is 5.88. The molecule has 0 aliphatic heterocycles. The second-order valence-electron chi connectivity index (χ2n) is 5.73. The number of nitrogens with zero attached hydrogens (tertiary/aromatic N) is 3. The van der Waals surface area contributed by atoms with Crippen molar-refractivity contribution < 1.29 is 4.84 Å². The van der Waals surface area contributed by atoms with Gasteiger partial charge in [-0.1, -0.05) is 44.1 Å². The van der Waals surface area contributed by atoms with Gasteiger partial charge in [0, 0.05) is 19.3 Å². The van der Waals surface area contributed by atoms with Gasteiger partial charge in [0.1, 0.15) is 0 Å². The molecule has 0 saturated heterocycles. The van der Waals surface area contributed by atoms with Crippen molar-refractivity contribution in [1.29, 1.82) is 0 Å². The molecule has 22 heavy (non-hydrogen) atoms. The Kier molecular flexibility index (Phi) is 8.26. The van der Waals surface area contributed by atoms with E-state index in [1.807, 2.05) is 41.6 Å². The van der Waals surface area contributed by atoms with E-state index in [2.05, 4.69) is 44.9 Å². The standard InChI is InChI=1S/C18H29N3O/c1-6-21(7-2)19-14-16(5)13-18(15(3)4)20-22-17-11-9-8-10-12-17/h8-12,14-16H,6-7,13H2,1-5H3/b19-14+,20-18+. The lowest BCUT2D eigenvalue weighted by molar-refractivity contribution is 0.321. The molecule has 0 fully saturated rings. The van der Waals surface area contributed by atoms with E-state index >= 15 is 0 Å². The molecule has 0 amide bonds. The SMILES string of the molecule is CCN(CC)/N=C/C(C)C/C(=N\Oc1ccccc1)C(C)C. The molecule has 0 aliphatic rings. The minimum atomic E-state index is 0.334. The largest absolute Gasteiger partial charge is 0.357 e. The lowest BCUT2D eigenvalue weighted by Gasteiger charge is -2.16. The molecular formula is C18H29N3O. The number of para-hydroxylation sites is 1. The maximum Gasteiger partial charge on any atom is 0.157 e. The van der Waals surface area contributed by atoms with Crippen molar-refractivity contribution >= 4 is 11.9 Å². The molecule has 0 saturated carbocycles. The first kappa shape index (κ1) is 18.2. The number of hydrogen-bond acceptors (Lipinski definition) is 4. The first-order valence-corrected chi connectivity index (χ1v) is 8.14. The molecule has 0 aliphatic carbocycles. The molecule has 4 heteroatoms. The molecule has 0 radical (unpaired) electrons. The molecule has 122 valence electrons. The van der Waals surface area contributed by atoms with Crippen LogP contribution in [-0.2, 0) is 0 Å². The van der Waals surface area contributed by atoms with Gasteiger partial charge < -0.3 is 4.84 Å². The third-order valence-electron chi connectivity index (χ3n) is 3.42. The van der Waals surface area contributed by atoms with Gasteiger partial charge in [0.15, 0.2) is 5.75 Å². The van der Waals surface area contributed by atoms with Gasteiger partial charge in [0.05, 0.1) is 5.71 Å². The summed E-state index contributed by atoms with van der Waals surface area (Å²) in [7, 11) is 0. The summed E-state index contributed by atoms with van der Waals surface area (Å²) in [4.78, 5) is 5.53. The van der Waals surface area contributed by atoms with Crippen LogP contribution in [0.15, 0.2) is 40.6 Å². The third-order valence-corrected chi connectivity index (χ3v) is 3.42. The molecule has 0 N–H and O–H groups in total. The molecule has 1 rings (SSSR count). The van der Waals surface area contributed by atoms with Gasteiger partial charge in [-0.25, -0.2) is 0 Å². The predicted octanol–water partition coefficient (Wildman–Crippen LogP) is 4.43. The first-order valence-electron chi connectivity index (χ1n) is 8.14. The monoisotopic (exact) mass is 303 g/mol. The van der Waals surface area contributed by atoms with Crippen molar-refractivity contribution in [3.63, 3.8) is 0 Å². The van der Waals surface area contributed by atoms with Gasteiger partial charge in [-0.2, -0.15) is 5.10 Å². The van der Waals surface area contributed by atoms with Gasteiger partial charge in [0.2, 0.25) is 0 Å².